The second-order valence-corrected chi connectivity index (χ2v) is 3.39. The van der Waals surface area contributed by atoms with Crippen LogP contribution in [0.25, 0.3) is 0 Å². The topological polar surface area (TPSA) is 43.4 Å². The Labute approximate surface area is 89.1 Å². The van der Waals surface area contributed by atoms with Crippen LogP contribution in [0.3, 0.4) is 0 Å². The SMILES string of the molecule is COCC(=O)c1ccccc1CC(C)=O. The lowest BCUT2D eigenvalue weighted by Crippen LogP contribution is -2.11. The van der Waals surface area contributed by atoms with E-state index in [1.54, 1.807) is 18.2 Å². The molecule has 0 aliphatic heterocycles. The van der Waals surface area contributed by atoms with Gasteiger partial charge in [0.15, 0.2) is 5.78 Å². The van der Waals surface area contributed by atoms with E-state index < -0.39 is 0 Å². The summed E-state index contributed by atoms with van der Waals surface area (Å²) in [5, 5.41) is 0. The number of ketones is 2. The average Bonchev–Trinajstić information content (AvgIpc) is 2.18. The summed E-state index contributed by atoms with van der Waals surface area (Å²) >= 11 is 0. The standard InChI is InChI=1S/C12H14O3/c1-9(13)7-10-5-3-4-6-11(10)12(14)8-15-2/h3-6H,7-8H2,1-2H3. The van der Waals surface area contributed by atoms with Gasteiger partial charge in [-0.15, -0.1) is 0 Å². The molecule has 0 radical (unpaired) electrons. The Kier molecular flexibility index (Phi) is 4.18. The fourth-order valence-electron chi connectivity index (χ4n) is 1.42. The second-order valence-electron chi connectivity index (χ2n) is 3.39. The molecule has 1 rings (SSSR count). The Hall–Kier alpha value is -1.48. The molecule has 80 valence electrons. The molecule has 0 unspecified atom stereocenters. The highest BCUT2D eigenvalue weighted by atomic mass is 16.5. The predicted octanol–water partition coefficient (Wildman–Crippen LogP) is 1.65. The maximum Gasteiger partial charge on any atom is 0.188 e. The Morgan fingerprint density at radius 2 is 1.93 bits per heavy atom. The van der Waals surface area contributed by atoms with E-state index in [0.717, 1.165) is 5.56 Å². The van der Waals surface area contributed by atoms with E-state index in [1.807, 2.05) is 6.07 Å². The quantitative estimate of drug-likeness (QED) is 0.688. The molecule has 0 aliphatic rings. The van der Waals surface area contributed by atoms with Crippen molar-refractivity contribution in [1.29, 1.82) is 0 Å². The molecule has 0 fully saturated rings. The van der Waals surface area contributed by atoms with Crippen molar-refractivity contribution in [2.45, 2.75) is 13.3 Å². The van der Waals surface area contributed by atoms with E-state index in [0.29, 0.717) is 12.0 Å². The number of ether oxygens (including phenoxy) is 1. The first-order chi connectivity index (χ1) is 7.15. The molecule has 0 N–H and O–H groups in total. The fourth-order valence-corrected chi connectivity index (χ4v) is 1.42. The van der Waals surface area contributed by atoms with Crippen molar-refractivity contribution in [2.75, 3.05) is 13.7 Å². The van der Waals surface area contributed by atoms with Gasteiger partial charge in [-0.1, -0.05) is 24.3 Å². The summed E-state index contributed by atoms with van der Waals surface area (Å²) in [6.45, 7) is 1.56. The average molecular weight is 206 g/mol. The Bertz CT molecular complexity index is 369. The van der Waals surface area contributed by atoms with Crippen LogP contribution in [0.4, 0.5) is 0 Å². The molecule has 1 aromatic rings. The first-order valence-corrected chi connectivity index (χ1v) is 4.74. The van der Waals surface area contributed by atoms with Gasteiger partial charge in [0.25, 0.3) is 0 Å². The van der Waals surface area contributed by atoms with Gasteiger partial charge in [0, 0.05) is 19.1 Å². The lowest BCUT2D eigenvalue weighted by Gasteiger charge is -2.06. The van der Waals surface area contributed by atoms with E-state index in [-0.39, 0.29) is 18.2 Å². The van der Waals surface area contributed by atoms with E-state index in [1.165, 1.54) is 14.0 Å². The molecule has 15 heavy (non-hydrogen) atoms. The predicted molar refractivity (Wildman–Crippen MR) is 57.0 cm³/mol. The molecular formula is C12H14O3. The van der Waals surface area contributed by atoms with Gasteiger partial charge >= 0.3 is 0 Å². The molecule has 0 heterocycles. The minimum Gasteiger partial charge on any atom is -0.377 e. The summed E-state index contributed by atoms with van der Waals surface area (Å²) in [7, 11) is 1.48. The van der Waals surface area contributed by atoms with Crippen LogP contribution in [0, 0.1) is 0 Å². The van der Waals surface area contributed by atoms with Crippen molar-refractivity contribution in [3.8, 4) is 0 Å². The number of hydrogen-bond acceptors (Lipinski definition) is 3. The zero-order chi connectivity index (χ0) is 11.3. The number of carbonyl (C=O) groups is 2. The van der Waals surface area contributed by atoms with Crippen molar-refractivity contribution in [3.05, 3.63) is 35.4 Å². The van der Waals surface area contributed by atoms with Crippen LogP contribution in [0.1, 0.15) is 22.8 Å². The van der Waals surface area contributed by atoms with Gasteiger partial charge in [-0.2, -0.15) is 0 Å². The smallest absolute Gasteiger partial charge is 0.188 e. The summed E-state index contributed by atoms with van der Waals surface area (Å²) in [6, 6.07) is 7.12. The van der Waals surface area contributed by atoms with Gasteiger partial charge < -0.3 is 4.74 Å². The number of rotatable bonds is 5. The van der Waals surface area contributed by atoms with Gasteiger partial charge in [-0.25, -0.2) is 0 Å². The monoisotopic (exact) mass is 206 g/mol. The van der Waals surface area contributed by atoms with E-state index in [2.05, 4.69) is 0 Å². The molecule has 0 saturated heterocycles. The zero-order valence-electron chi connectivity index (χ0n) is 8.95. The lowest BCUT2D eigenvalue weighted by molar-refractivity contribution is -0.116. The lowest BCUT2D eigenvalue weighted by atomic mass is 10.00. The molecule has 3 heteroatoms. The van der Waals surface area contributed by atoms with E-state index in [4.69, 9.17) is 4.74 Å². The molecule has 0 saturated carbocycles. The molecule has 0 atom stereocenters. The summed E-state index contributed by atoms with van der Waals surface area (Å²) < 4.78 is 4.78. The minimum absolute atomic E-state index is 0.0488. The van der Waals surface area contributed by atoms with Crippen molar-refractivity contribution in [3.63, 3.8) is 0 Å². The van der Waals surface area contributed by atoms with Crippen LogP contribution >= 0.6 is 0 Å². The molecule has 0 bridgehead atoms. The molecule has 3 nitrogen and oxygen atoms in total. The highest BCUT2D eigenvalue weighted by Gasteiger charge is 2.11. The van der Waals surface area contributed by atoms with Crippen LogP contribution in [-0.4, -0.2) is 25.3 Å². The third-order valence-electron chi connectivity index (χ3n) is 2.03. The molecule has 0 amide bonds. The summed E-state index contributed by atoms with van der Waals surface area (Å²) in [6.07, 6.45) is 0.297. The van der Waals surface area contributed by atoms with Gasteiger partial charge in [0.05, 0.1) is 0 Å². The van der Waals surface area contributed by atoms with Crippen LogP contribution in [0.5, 0.6) is 0 Å². The molecule has 1 aromatic carbocycles. The minimum atomic E-state index is -0.0886. The van der Waals surface area contributed by atoms with E-state index >= 15 is 0 Å². The maximum atomic E-state index is 11.6. The maximum absolute atomic E-state index is 11.6. The number of hydrogen-bond donors (Lipinski definition) is 0. The first-order valence-electron chi connectivity index (χ1n) is 4.74. The Morgan fingerprint density at radius 3 is 2.53 bits per heavy atom. The Morgan fingerprint density at radius 1 is 1.27 bits per heavy atom. The van der Waals surface area contributed by atoms with Gasteiger partial charge in [0.1, 0.15) is 12.4 Å². The van der Waals surface area contributed by atoms with Gasteiger partial charge in [0.2, 0.25) is 0 Å². The van der Waals surface area contributed by atoms with Crippen LogP contribution < -0.4 is 0 Å². The number of Topliss-reactive ketones (excluding diaryl/α,β-unsaturated/α-hetero) is 2. The molecular weight excluding hydrogens is 192 g/mol. The highest BCUT2D eigenvalue weighted by Crippen LogP contribution is 2.10. The Balaban J connectivity index is 2.95. The van der Waals surface area contributed by atoms with E-state index in [9.17, 15) is 9.59 Å². The van der Waals surface area contributed by atoms with Crippen molar-refractivity contribution < 1.29 is 14.3 Å². The fraction of sp³-hybridized carbons (Fsp3) is 0.333. The normalized spacial score (nSPS) is 10.0. The second kappa shape index (κ2) is 5.41. The zero-order valence-corrected chi connectivity index (χ0v) is 8.95. The van der Waals surface area contributed by atoms with Gasteiger partial charge in [-0.05, 0) is 12.5 Å². The largest absolute Gasteiger partial charge is 0.377 e. The van der Waals surface area contributed by atoms with Crippen LogP contribution in [-0.2, 0) is 16.0 Å². The molecule has 0 aromatic heterocycles. The highest BCUT2D eigenvalue weighted by molar-refractivity contribution is 5.99. The third kappa shape index (κ3) is 3.29. The first kappa shape index (κ1) is 11.6. The summed E-state index contributed by atoms with van der Waals surface area (Å²) in [4.78, 5) is 22.6. The number of methoxy groups -OCH3 is 1. The van der Waals surface area contributed by atoms with Crippen LogP contribution in [0.15, 0.2) is 24.3 Å². The third-order valence-corrected chi connectivity index (χ3v) is 2.03. The van der Waals surface area contributed by atoms with Crippen molar-refractivity contribution in [2.24, 2.45) is 0 Å². The van der Waals surface area contributed by atoms with Crippen molar-refractivity contribution in [1.82, 2.24) is 0 Å². The van der Waals surface area contributed by atoms with Gasteiger partial charge in [-0.3, -0.25) is 9.59 Å². The molecule has 0 spiro atoms. The number of carbonyl (C=O) groups excluding carboxylic acids is 2. The summed E-state index contributed by atoms with van der Waals surface area (Å²) in [5.41, 5.74) is 1.35. The van der Waals surface area contributed by atoms with Crippen LogP contribution in [0.2, 0.25) is 0 Å². The number of benzene rings is 1. The molecule has 0 aliphatic carbocycles. The summed E-state index contributed by atoms with van der Waals surface area (Å²) in [5.74, 6) is -0.0398. The van der Waals surface area contributed by atoms with Crippen molar-refractivity contribution >= 4 is 11.6 Å².